The van der Waals surface area contributed by atoms with E-state index in [-0.39, 0.29) is 29.4 Å². The average molecular weight is 535 g/mol. The van der Waals surface area contributed by atoms with E-state index in [9.17, 15) is 14.7 Å². The third-order valence-corrected chi connectivity index (χ3v) is 8.07. The number of aromatic hydroxyl groups is 1. The van der Waals surface area contributed by atoms with E-state index < -0.39 is 0 Å². The molecule has 0 radical (unpaired) electrons. The van der Waals surface area contributed by atoms with Crippen LogP contribution in [0.25, 0.3) is 11.6 Å². The number of nitrogens with two attached hydrogens (primary N) is 1. The lowest BCUT2D eigenvalue weighted by Gasteiger charge is -2.26. The standard InChI is InChI=1S/C33H27ClN2O3/c1-18-17-26-21(6-4-8-29(26)37)22-13-14-24-23(30(18)22)15-16-28(35)31(24)32(38)19-9-11-20(12-10-19)36-33(39)25-5-2-3-7-27(25)34/h2-14,17-18,28,37H,15-16,35H2,1H3,(H,36,39). The number of fused-ring (bicyclic) bond motifs is 4. The molecule has 6 rings (SSSR count). The third kappa shape index (κ3) is 4.34. The Morgan fingerprint density at radius 3 is 2.44 bits per heavy atom. The fourth-order valence-electron chi connectivity index (χ4n) is 5.88. The van der Waals surface area contributed by atoms with Crippen molar-refractivity contribution in [1.82, 2.24) is 0 Å². The molecule has 2 atom stereocenters. The molecular weight excluding hydrogens is 508 g/mol. The molecule has 39 heavy (non-hydrogen) atoms. The van der Waals surface area contributed by atoms with Crippen LogP contribution in [-0.4, -0.2) is 22.8 Å². The first-order valence-corrected chi connectivity index (χ1v) is 13.4. The summed E-state index contributed by atoms with van der Waals surface area (Å²) in [6.07, 6.45) is 3.56. The monoisotopic (exact) mass is 534 g/mol. The maximum absolute atomic E-state index is 13.8. The van der Waals surface area contributed by atoms with Crippen LogP contribution >= 0.6 is 11.6 Å². The smallest absolute Gasteiger partial charge is 0.257 e. The highest BCUT2D eigenvalue weighted by atomic mass is 35.5. The lowest BCUT2D eigenvalue weighted by atomic mass is 9.79. The summed E-state index contributed by atoms with van der Waals surface area (Å²) in [7, 11) is 0. The summed E-state index contributed by atoms with van der Waals surface area (Å²) in [5.74, 6) is -0.0677. The van der Waals surface area contributed by atoms with Gasteiger partial charge in [-0.2, -0.15) is 0 Å². The van der Waals surface area contributed by atoms with Crippen molar-refractivity contribution >= 4 is 40.6 Å². The van der Waals surface area contributed by atoms with Crippen LogP contribution in [0.2, 0.25) is 5.02 Å². The predicted molar refractivity (Wildman–Crippen MR) is 154 cm³/mol. The molecule has 4 N–H and O–H groups in total. The quantitative estimate of drug-likeness (QED) is 0.328. The van der Waals surface area contributed by atoms with E-state index in [0.717, 1.165) is 32.9 Å². The zero-order valence-electron chi connectivity index (χ0n) is 21.4. The molecule has 0 spiro atoms. The zero-order chi connectivity index (χ0) is 27.3. The first-order chi connectivity index (χ1) is 18.8. The molecule has 194 valence electrons. The summed E-state index contributed by atoms with van der Waals surface area (Å²) in [4.78, 5) is 26.4. The predicted octanol–water partition coefficient (Wildman–Crippen LogP) is 4.79. The number of halogens is 1. The number of anilines is 1. The van der Waals surface area contributed by atoms with Gasteiger partial charge in [0, 0.05) is 34.0 Å². The number of phenolic OH excluding ortho intramolecular Hbond substituents is 1. The second-order valence-corrected chi connectivity index (χ2v) is 10.6. The fraction of sp³-hybridized carbons (Fsp3) is 0.152. The van der Waals surface area contributed by atoms with Gasteiger partial charge < -0.3 is 16.2 Å². The van der Waals surface area contributed by atoms with E-state index in [2.05, 4.69) is 24.4 Å². The molecule has 6 heteroatoms. The van der Waals surface area contributed by atoms with Crippen LogP contribution < -0.4 is 21.5 Å². The number of nitrogens with one attached hydrogen (secondary N) is 1. The van der Waals surface area contributed by atoms with Crippen LogP contribution in [0.5, 0.6) is 5.75 Å². The van der Waals surface area contributed by atoms with Crippen molar-refractivity contribution in [1.29, 1.82) is 0 Å². The maximum atomic E-state index is 13.8. The number of carbonyl (C=O) groups excluding carboxylic acids is 2. The maximum Gasteiger partial charge on any atom is 0.257 e. The molecule has 2 aliphatic rings. The van der Waals surface area contributed by atoms with Crippen molar-refractivity contribution in [2.75, 3.05) is 5.32 Å². The highest BCUT2D eigenvalue weighted by Crippen LogP contribution is 2.29. The minimum absolute atomic E-state index is 0.0856. The first kappa shape index (κ1) is 25.1. The number of hydrogen-bond donors (Lipinski definition) is 3. The van der Waals surface area contributed by atoms with Crippen molar-refractivity contribution < 1.29 is 14.7 Å². The molecule has 4 aromatic rings. The van der Waals surface area contributed by atoms with E-state index in [0.29, 0.717) is 33.8 Å². The van der Waals surface area contributed by atoms with Gasteiger partial charge in [0.1, 0.15) is 5.75 Å². The van der Waals surface area contributed by atoms with E-state index in [1.54, 1.807) is 54.6 Å². The second kappa shape index (κ2) is 9.84. The molecule has 0 bridgehead atoms. The second-order valence-electron chi connectivity index (χ2n) is 10.1. The van der Waals surface area contributed by atoms with Crippen LogP contribution in [0.4, 0.5) is 5.69 Å². The number of benzene rings is 4. The third-order valence-electron chi connectivity index (χ3n) is 7.74. The van der Waals surface area contributed by atoms with Gasteiger partial charge in [-0.3, -0.25) is 9.59 Å². The van der Waals surface area contributed by atoms with Crippen molar-refractivity contribution in [3.8, 4) is 5.75 Å². The topological polar surface area (TPSA) is 92.4 Å². The molecule has 4 aromatic carbocycles. The number of amides is 1. The highest BCUT2D eigenvalue weighted by molar-refractivity contribution is 6.34. The summed E-state index contributed by atoms with van der Waals surface area (Å²) in [5, 5.41) is 17.5. The summed E-state index contributed by atoms with van der Waals surface area (Å²) < 4.78 is 0. The molecule has 0 fully saturated rings. The zero-order valence-corrected chi connectivity index (χ0v) is 22.1. The summed E-state index contributed by atoms with van der Waals surface area (Å²) in [5.41, 5.74) is 11.0. The average Bonchev–Trinajstić information content (AvgIpc) is 2.93. The van der Waals surface area contributed by atoms with Gasteiger partial charge in [0.15, 0.2) is 5.78 Å². The fourth-order valence-corrected chi connectivity index (χ4v) is 6.10. The lowest BCUT2D eigenvalue weighted by Crippen LogP contribution is -2.38. The van der Waals surface area contributed by atoms with E-state index in [1.807, 2.05) is 18.2 Å². The van der Waals surface area contributed by atoms with Gasteiger partial charge in [-0.25, -0.2) is 0 Å². The van der Waals surface area contributed by atoms with Crippen molar-refractivity contribution in [3.05, 3.63) is 127 Å². The van der Waals surface area contributed by atoms with Gasteiger partial charge in [-0.15, -0.1) is 0 Å². The Bertz CT molecular complexity index is 1880. The molecule has 2 aliphatic carbocycles. The molecule has 0 saturated carbocycles. The highest BCUT2D eigenvalue weighted by Gasteiger charge is 2.27. The number of hydrogen-bond acceptors (Lipinski definition) is 4. The molecule has 2 unspecified atom stereocenters. The molecule has 1 amide bonds. The SMILES string of the molecule is CC1C=c2c(O)cccc2=c2ccc3c(c21)CCC(N)C=3C(=O)c1ccc(NC(=O)c2ccccc2Cl)cc1. The molecule has 0 heterocycles. The van der Waals surface area contributed by atoms with Crippen molar-refractivity contribution in [3.63, 3.8) is 0 Å². The summed E-state index contributed by atoms with van der Waals surface area (Å²) >= 11 is 6.14. The minimum Gasteiger partial charge on any atom is -0.507 e. The van der Waals surface area contributed by atoms with E-state index in [1.165, 1.54) is 5.56 Å². The number of Topliss-reactive ketones (excluding diaryl/α,β-unsaturated/α-hetero) is 1. The lowest BCUT2D eigenvalue weighted by molar-refractivity contribution is 0.102. The van der Waals surface area contributed by atoms with Gasteiger partial charge >= 0.3 is 0 Å². The van der Waals surface area contributed by atoms with Crippen LogP contribution in [0, 0.1) is 10.4 Å². The Labute approximate surface area is 230 Å². The Morgan fingerprint density at radius 1 is 0.923 bits per heavy atom. The number of ketones is 1. The van der Waals surface area contributed by atoms with Gasteiger partial charge in [0.2, 0.25) is 0 Å². The Balaban J connectivity index is 1.40. The van der Waals surface area contributed by atoms with Crippen molar-refractivity contribution in [2.45, 2.75) is 31.7 Å². The molecule has 0 saturated heterocycles. The molecular formula is C33H27ClN2O3. The van der Waals surface area contributed by atoms with E-state index >= 15 is 0 Å². The van der Waals surface area contributed by atoms with Gasteiger partial charge in [0.25, 0.3) is 5.91 Å². The van der Waals surface area contributed by atoms with Crippen LogP contribution in [0.3, 0.4) is 0 Å². The van der Waals surface area contributed by atoms with Gasteiger partial charge in [-0.1, -0.05) is 61.0 Å². The van der Waals surface area contributed by atoms with Crippen LogP contribution in [-0.2, 0) is 6.42 Å². The molecule has 0 aromatic heterocycles. The van der Waals surface area contributed by atoms with Gasteiger partial charge in [-0.05, 0) is 82.1 Å². The van der Waals surface area contributed by atoms with Crippen LogP contribution in [0.15, 0.2) is 78.9 Å². The number of carbonyl (C=O) groups is 2. The molecule has 0 aliphatic heterocycles. The minimum atomic E-state index is -0.373. The summed E-state index contributed by atoms with van der Waals surface area (Å²) in [6.45, 7) is 2.13. The van der Waals surface area contributed by atoms with E-state index in [4.69, 9.17) is 17.3 Å². The molecule has 5 nitrogen and oxygen atoms in total. The largest absolute Gasteiger partial charge is 0.507 e. The number of rotatable bonds is 4. The number of phenols is 1. The Morgan fingerprint density at radius 2 is 1.67 bits per heavy atom. The van der Waals surface area contributed by atoms with Crippen LogP contribution in [0.1, 0.15) is 51.1 Å². The first-order valence-electron chi connectivity index (χ1n) is 13.0. The summed E-state index contributed by atoms with van der Waals surface area (Å²) in [6, 6.07) is 23.0. The Hall–Kier alpha value is -4.19. The normalized spacial score (nSPS) is 17.4. The van der Waals surface area contributed by atoms with Crippen molar-refractivity contribution in [2.24, 2.45) is 5.73 Å². The van der Waals surface area contributed by atoms with Gasteiger partial charge in [0.05, 0.1) is 10.6 Å². The Kier molecular flexibility index (Phi) is 6.34.